The van der Waals surface area contributed by atoms with Crippen molar-refractivity contribution in [2.24, 2.45) is 5.73 Å². The third-order valence-electron chi connectivity index (χ3n) is 2.70. The van der Waals surface area contributed by atoms with Crippen LogP contribution in [-0.4, -0.2) is 17.6 Å². The number of hydrogen-bond donors (Lipinski definition) is 2. The summed E-state index contributed by atoms with van der Waals surface area (Å²) in [6.45, 7) is 2.18. The molecule has 3 N–H and O–H groups in total. The number of ether oxygens (including phenoxy) is 1. The quantitative estimate of drug-likeness (QED) is 0.793. The Kier molecular flexibility index (Phi) is 3.44. The predicted molar refractivity (Wildman–Crippen MR) is 66.5 cm³/mol. The van der Waals surface area contributed by atoms with E-state index in [-0.39, 0.29) is 18.4 Å². The van der Waals surface area contributed by atoms with Crippen LogP contribution in [0.1, 0.15) is 24.9 Å². The number of nitrogens with one attached hydrogen (secondary N) is 1. The summed E-state index contributed by atoms with van der Waals surface area (Å²) in [7, 11) is 0. The molecule has 0 spiro atoms. The number of benzene rings is 1. The highest BCUT2D eigenvalue weighted by atomic mass is 16.5. The fourth-order valence-electron chi connectivity index (χ4n) is 1.82. The summed E-state index contributed by atoms with van der Waals surface area (Å²) in [4.78, 5) is 14.4. The Morgan fingerprint density at radius 3 is 3.06 bits per heavy atom. The number of rotatable bonds is 4. The molecule has 0 aliphatic rings. The van der Waals surface area contributed by atoms with Crippen LogP contribution in [0.5, 0.6) is 0 Å². The number of H-pyrrole nitrogens is 1. The highest BCUT2D eigenvalue weighted by Crippen LogP contribution is 2.20. The zero-order chi connectivity index (χ0) is 12.3. The van der Waals surface area contributed by atoms with E-state index in [0.717, 1.165) is 16.5 Å². The summed E-state index contributed by atoms with van der Waals surface area (Å²) in [6.07, 6.45) is 2.09. The zero-order valence-electron chi connectivity index (χ0n) is 9.77. The van der Waals surface area contributed by atoms with Crippen molar-refractivity contribution in [2.75, 3.05) is 6.61 Å². The Bertz CT molecular complexity index is 519. The van der Waals surface area contributed by atoms with Crippen LogP contribution in [0.15, 0.2) is 30.5 Å². The molecule has 0 fully saturated rings. The molecule has 0 aliphatic carbocycles. The SMILES string of the molecule is CCOC(=O)C[C@@H](N)c1ccc2[nH]ccc2c1. The minimum atomic E-state index is -0.312. The lowest BCUT2D eigenvalue weighted by Gasteiger charge is -2.11. The summed E-state index contributed by atoms with van der Waals surface area (Å²) < 4.78 is 4.88. The average molecular weight is 232 g/mol. The Morgan fingerprint density at radius 1 is 1.47 bits per heavy atom. The van der Waals surface area contributed by atoms with Gasteiger partial charge in [-0.15, -0.1) is 0 Å². The molecule has 4 heteroatoms. The highest BCUT2D eigenvalue weighted by molar-refractivity contribution is 5.80. The molecule has 0 bridgehead atoms. The zero-order valence-corrected chi connectivity index (χ0v) is 9.77. The number of carbonyl (C=O) groups is 1. The van der Waals surface area contributed by atoms with Gasteiger partial charge in [-0.3, -0.25) is 4.79 Å². The maximum Gasteiger partial charge on any atom is 0.307 e. The third-order valence-corrected chi connectivity index (χ3v) is 2.70. The number of aromatic nitrogens is 1. The van der Waals surface area contributed by atoms with Gasteiger partial charge < -0.3 is 15.5 Å². The third kappa shape index (κ3) is 2.65. The molecule has 1 aromatic heterocycles. The number of hydrogen-bond acceptors (Lipinski definition) is 3. The first kappa shape index (κ1) is 11.7. The minimum Gasteiger partial charge on any atom is -0.466 e. The van der Waals surface area contributed by atoms with Crippen LogP contribution >= 0.6 is 0 Å². The van der Waals surface area contributed by atoms with Crippen LogP contribution in [0.3, 0.4) is 0 Å². The molecule has 90 valence electrons. The van der Waals surface area contributed by atoms with Gasteiger partial charge in [0.15, 0.2) is 0 Å². The monoisotopic (exact) mass is 232 g/mol. The molecule has 0 amide bonds. The van der Waals surface area contributed by atoms with E-state index in [1.165, 1.54) is 0 Å². The Hall–Kier alpha value is -1.81. The fraction of sp³-hybridized carbons (Fsp3) is 0.308. The van der Waals surface area contributed by atoms with E-state index in [1.807, 2.05) is 30.5 Å². The van der Waals surface area contributed by atoms with E-state index < -0.39 is 0 Å². The summed E-state index contributed by atoms with van der Waals surface area (Å²) >= 11 is 0. The molecule has 1 aromatic carbocycles. The number of aromatic amines is 1. The Balaban J connectivity index is 2.12. The Morgan fingerprint density at radius 2 is 2.29 bits per heavy atom. The van der Waals surface area contributed by atoms with Gasteiger partial charge in [0.25, 0.3) is 0 Å². The number of nitrogens with two attached hydrogens (primary N) is 1. The molecule has 0 saturated carbocycles. The van der Waals surface area contributed by atoms with E-state index in [9.17, 15) is 4.79 Å². The molecular weight excluding hydrogens is 216 g/mol. The van der Waals surface area contributed by atoms with Crippen molar-refractivity contribution in [1.29, 1.82) is 0 Å². The second-order valence-corrected chi connectivity index (χ2v) is 3.94. The van der Waals surface area contributed by atoms with Gasteiger partial charge in [-0.05, 0) is 36.1 Å². The van der Waals surface area contributed by atoms with Crippen molar-refractivity contribution in [1.82, 2.24) is 4.98 Å². The van der Waals surface area contributed by atoms with Gasteiger partial charge in [-0.25, -0.2) is 0 Å². The molecule has 0 unspecified atom stereocenters. The molecule has 2 aromatic rings. The van der Waals surface area contributed by atoms with E-state index in [0.29, 0.717) is 6.61 Å². The second-order valence-electron chi connectivity index (χ2n) is 3.94. The van der Waals surface area contributed by atoms with E-state index in [1.54, 1.807) is 6.92 Å². The number of fused-ring (bicyclic) bond motifs is 1. The molecule has 0 radical (unpaired) electrons. The van der Waals surface area contributed by atoms with Gasteiger partial charge in [0.1, 0.15) is 0 Å². The van der Waals surface area contributed by atoms with Crippen molar-refractivity contribution in [3.8, 4) is 0 Å². The van der Waals surface area contributed by atoms with Crippen LogP contribution in [0.25, 0.3) is 10.9 Å². The van der Waals surface area contributed by atoms with Crippen LogP contribution < -0.4 is 5.73 Å². The number of carbonyl (C=O) groups excluding carboxylic acids is 1. The topological polar surface area (TPSA) is 68.1 Å². The van der Waals surface area contributed by atoms with Crippen molar-refractivity contribution < 1.29 is 9.53 Å². The fourth-order valence-corrected chi connectivity index (χ4v) is 1.82. The molecule has 0 saturated heterocycles. The maximum atomic E-state index is 11.3. The van der Waals surface area contributed by atoms with Gasteiger partial charge >= 0.3 is 5.97 Å². The maximum absolute atomic E-state index is 11.3. The lowest BCUT2D eigenvalue weighted by molar-refractivity contribution is -0.143. The van der Waals surface area contributed by atoms with Crippen LogP contribution in [0.2, 0.25) is 0 Å². The van der Waals surface area contributed by atoms with E-state index in [2.05, 4.69) is 4.98 Å². The van der Waals surface area contributed by atoms with Crippen molar-refractivity contribution in [3.63, 3.8) is 0 Å². The van der Waals surface area contributed by atoms with Crippen LogP contribution in [0.4, 0.5) is 0 Å². The summed E-state index contributed by atoms with van der Waals surface area (Å²) in [5.41, 5.74) is 7.99. The summed E-state index contributed by atoms with van der Waals surface area (Å²) in [6, 6.07) is 7.57. The van der Waals surface area contributed by atoms with Gasteiger partial charge in [-0.2, -0.15) is 0 Å². The van der Waals surface area contributed by atoms with Crippen molar-refractivity contribution >= 4 is 16.9 Å². The van der Waals surface area contributed by atoms with E-state index >= 15 is 0 Å². The summed E-state index contributed by atoms with van der Waals surface area (Å²) in [5, 5.41) is 1.10. The van der Waals surface area contributed by atoms with Gasteiger partial charge in [0.2, 0.25) is 0 Å². The molecule has 4 nitrogen and oxygen atoms in total. The first-order chi connectivity index (χ1) is 8.20. The minimum absolute atomic E-state index is 0.212. The average Bonchev–Trinajstić information content (AvgIpc) is 2.75. The van der Waals surface area contributed by atoms with Crippen LogP contribution in [-0.2, 0) is 9.53 Å². The van der Waals surface area contributed by atoms with Crippen LogP contribution in [0, 0.1) is 0 Å². The molecule has 0 aliphatic heterocycles. The first-order valence-corrected chi connectivity index (χ1v) is 5.69. The lowest BCUT2D eigenvalue weighted by atomic mass is 10.0. The van der Waals surface area contributed by atoms with Gasteiger partial charge in [0, 0.05) is 17.8 Å². The lowest BCUT2D eigenvalue weighted by Crippen LogP contribution is -2.17. The highest BCUT2D eigenvalue weighted by Gasteiger charge is 2.12. The number of esters is 1. The largest absolute Gasteiger partial charge is 0.466 e. The molecule has 17 heavy (non-hydrogen) atoms. The second kappa shape index (κ2) is 5.01. The molecule has 1 atom stereocenters. The molecule has 2 rings (SSSR count). The normalized spacial score (nSPS) is 12.6. The smallest absolute Gasteiger partial charge is 0.307 e. The molecular formula is C13H16N2O2. The van der Waals surface area contributed by atoms with Crippen molar-refractivity contribution in [3.05, 3.63) is 36.0 Å². The molecule has 1 heterocycles. The van der Waals surface area contributed by atoms with E-state index in [4.69, 9.17) is 10.5 Å². The predicted octanol–water partition coefficient (Wildman–Crippen LogP) is 2.12. The first-order valence-electron chi connectivity index (χ1n) is 5.69. The van der Waals surface area contributed by atoms with Gasteiger partial charge in [-0.1, -0.05) is 6.07 Å². The Labute approximate surface area is 99.8 Å². The summed E-state index contributed by atoms with van der Waals surface area (Å²) in [5.74, 6) is -0.255. The van der Waals surface area contributed by atoms with Crippen molar-refractivity contribution in [2.45, 2.75) is 19.4 Å². The van der Waals surface area contributed by atoms with Gasteiger partial charge in [0.05, 0.1) is 13.0 Å². The standard InChI is InChI=1S/C13H16N2O2/c1-2-17-13(16)8-11(14)9-3-4-12-10(7-9)5-6-15-12/h3-7,11,15H,2,8,14H2,1H3/t11-/m1/s1.